The van der Waals surface area contributed by atoms with E-state index < -0.39 is 17.9 Å². The highest BCUT2D eigenvalue weighted by atomic mass is 16.4. The second-order valence-electron chi connectivity index (χ2n) is 3.80. The lowest BCUT2D eigenvalue weighted by molar-refractivity contribution is -0.139. The number of carboxylic acid groups (broad SMARTS) is 1. The van der Waals surface area contributed by atoms with Crippen molar-refractivity contribution >= 4 is 11.9 Å². The van der Waals surface area contributed by atoms with Crippen LogP contribution < -0.4 is 5.32 Å². The molecule has 0 fully saturated rings. The smallest absolute Gasteiger partial charge is 0.326 e. The van der Waals surface area contributed by atoms with Gasteiger partial charge in [0.05, 0.1) is 12.5 Å². The van der Waals surface area contributed by atoms with E-state index in [1.165, 1.54) is 0 Å². The summed E-state index contributed by atoms with van der Waals surface area (Å²) < 4.78 is 0. The Labute approximate surface area is 105 Å². The van der Waals surface area contributed by atoms with Crippen molar-refractivity contribution in [3.05, 3.63) is 35.4 Å². The fraction of sp³-hybridized carbons (Fsp3) is 0.308. The number of rotatable bonds is 5. The van der Waals surface area contributed by atoms with Crippen LogP contribution in [0, 0.1) is 11.3 Å². The number of benzene rings is 1. The molecule has 1 aromatic carbocycles. The summed E-state index contributed by atoms with van der Waals surface area (Å²) in [6.45, 7) is 1.69. The Bertz CT molecular complexity index is 474. The van der Waals surface area contributed by atoms with Crippen molar-refractivity contribution in [3.63, 3.8) is 0 Å². The molecule has 5 nitrogen and oxygen atoms in total. The molecular formula is C13H14N2O3. The Morgan fingerprint density at radius 2 is 2.00 bits per heavy atom. The van der Waals surface area contributed by atoms with Gasteiger partial charge in [0, 0.05) is 5.56 Å². The first-order valence-electron chi connectivity index (χ1n) is 5.58. The van der Waals surface area contributed by atoms with Crippen molar-refractivity contribution in [2.24, 2.45) is 0 Å². The molecule has 0 heterocycles. The summed E-state index contributed by atoms with van der Waals surface area (Å²) in [5.41, 5.74) is 1.20. The van der Waals surface area contributed by atoms with E-state index in [1.54, 1.807) is 31.2 Å². The molecule has 0 radical (unpaired) electrons. The molecule has 0 aliphatic carbocycles. The van der Waals surface area contributed by atoms with Gasteiger partial charge in [0.25, 0.3) is 5.91 Å². The van der Waals surface area contributed by atoms with Crippen LogP contribution >= 0.6 is 0 Å². The van der Waals surface area contributed by atoms with Gasteiger partial charge in [-0.1, -0.05) is 19.1 Å². The largest absolute Gasteiger partial charge is 0.480 e. The van der Waals surface area contributed by atoms with Gasteiger partial charge in [0.2, 0.25) is 0 Å². The van der Waals surface area contributed by atoms with Crippen molar-refractivity contribution in [3.8, 4) is 6.07 Å². The minimum Gasteiger partial charge on any atom is -0.480 e. The van der Waals surface area contributed by atoms with Crippen LogP contribution in [-0.2, 0) is 11.2 Å². The Kier molecular flexibility index (Phi) is 4.88. The SMILES string of the molecule is CCC(NC(=O)c1ccc(CC#N)cc1)C(=O)O. The molecule has 18 heavy (non-hydrogen) atoms. The van der Waals surface area contributed by atoms with Gasteiger partial charge in [-0.2, -0.15) is 5.26 Å². The number of nitriles is 1. The average molecular weight is 246 g/mol. The highest BCUT2D eigenvalue weighted by Crippen LogP contribution is 2.05. The fourth-order valence-electron chi connectivity index (χ4n) is 1.45. The van der Waals surface area contributed by atoms with E-state index in [9.17, 15) is 9.59 Å². The second-order valence-corrected chi connectivity index (χ2v) is 3.80. The molecule has 1 aromatic rings. The van der Waals surface area contributed by atoms with Gasteiger partial charge in [0.1, 0.15) is 6.04 Å². The topological polar surface area (TPSA) is 90.2 Å². The molecule has 94 valence electrons. The highest BCUT2D eigenvalue weighted by Gasteiger charge is 2.18. The van der Waals surface area contributed by atoms with E-state index in [1.807, 2.05) is 6.07 Å². The number of carbonyl (C=O) groups excluding carboxylic acids is 1. The zero-order valence-corrected chi connectivity index (χ0v) is 10.0. The van der Waals surface area contributed by atoms with Crippen LogP contribution in [0.4, 0.5) is 0 Å². The Morgan fingerprint density at radius 3 is 2.44 bits per heavy atom. The van der Waals surface area contributed by atoms with Crippen LogP contribution in [0.2, 0.25) is 0 Å². The third-order valence-electron chi connectivity index (χ3n) is 2.51. The number of nitrogens with one attached hydrogen (secondary N) is 1. The molecule has 0 bridgehead atoms. The first-order valence-corrected chi connectivity index (χ1v) is 5.58. The van der Waals surface area contributed by atoms with Crippen molar-refractivity contribution in [2.45, 2.75) is 25.8 Å². The van der Waals surface area contributed by atoms with Gasteiger partial charge in [-0.15, -0.1) is 0 Å². The quantitative estimate of drug-likeness (QED) is 0.820. The number of carbonyl (C=O) groups is 2. The summed E-state index contributed by atoms with van der Waals surface area (Å²) in [5, 5.41) is 19.8. The zero-order chi connectivity index (χ0) is 13.5. The number of amides is 1. The molecule has 0 saturated heterocycles. The molecule has 1 unspecified atom stereocenters. The van der Waals surface area contributed by atoms with E-state index >= 15 is 0 Å². The predicted octanol–water partition coefficient (Wildman–Crippen LogP) is 1.35. The lowest BCUT2D eigenvalue weighted by atomic mass is 10.1. The summed E-state index contributed by atoms with van der Waals surface area (Å²) in [5.74, 6) is -1.47. The average Bonchev–Trinajstić information content (AvgIpc) is 2.36. The first-order chi connectivity index (χ1) is 8.58. The molecule has 1 amide bonds. The van der Waals surface area contributed by atoms with Crippen molar-refractivity contribution in [1.82, 2.24) is 5.32 Å². The fourth-order valence-corrected chi connectivity index (χ4v) is 1.45. The van der Waals surface area contributed by atoms with E-state index in [4.69, 9.17) is 10.4 Å². The molecule has 1 atom stereocenters. The third kappa shape index (κ3) is 3.59. The molecule has 2 N–H and O–H groups in total. The molecule has 0 aliphatic rings. The first kappa shape index (κ1) is 13.7. The third-order valence-corrected chi connectivity index (χ3v) is 2.51. The minimum absolute atomic E-state index is 0.286. The van der Waals surface area contributed by atoms with Gasteiger partial charge in [-0.3, -0.25) is 4.79 Å². The van der Waals surface area contributed by atoms with Crippen LogP contribution in [0.3, 0.4) is 0 Å². The maximum absolute atomic E-state index is 11.7. The highest BCUT2D eigenvalue weighted by molar-refractivity contribution is 5.96. The van der Waals surface area contributed by atoms with Crippen molar-refractivity contribution < 1.29 is 14.7 Å². The molecule has 1 rings (SSSR count). The molecule has 0 saturated carbocycles. The molecule has 0 aromatic heterocycles. The molecule has 5 heteroatoms. The van der Waals surface area contributed by atoms with E-state index in [2.05, 4.69) is 5.32 Å². The van der Waals surface area contributed by atoms with E-state index in [0.29, 0.717) is 12.0 Å². The lowest BCUT2D eigenvalue weighted by Crippen LogP contribution is -2.40. The number of aliphatic carboxylic acids is 1. The maximum Gasteiger partial charge on any atom is 0.326 e. The summed E-state index contributed by atoms with van der Waals surface area (Å²) in [4.78, 5) is 22.5. The normalized spacial score (nSPS) is 11.3. The predicted molar refractivity (Wildman–Crippen MR) is 64.9 cm³/mol. The van der Waals surface area contributed by atoms with Gasteiger partial charge >= 0.3 is 5.97 Å². The van der Waals surface area contributed by atoms with Crippen molar-refractivity contribution in [1.29, 1.82) is 5.26 Å². The van der Waals surface area contributed by atoms with Crippen LogP contribution in [0.25, 0.3) is 0 Å². The van der Waals surface area contributed by atoms with Gasteiger partial charge < -0.3 is 10.4 Å². The number of nitrogens with zero attached hydrogens (tertiary/aromatic N) is 1. The van der Waals surface area contributed by atoms with E-state index in [-0.39, 0.29) is 6.42 Å². The number of hydrogen-bond acceptors (Lipinski definition) is 3. The molecular weight excluding hydrogens is 232 g/mol. The molecule has 0 spiro atoms. The van der Waals surface area contributed by atoms with Crippen LogP contribution in [0.1, 0.15) is 29.3 Å². The van der Waals surface area contributed by atoms with Crippen LogP contribution in [-0.4, -0.2) is 23.0 Å². The van der Waals surface area contributed by atoms with Gasteiger partial charge in [-0.25, -0.2) is 4.79 Å². The maximum atomic E-state index is 11.7. The van der Waals surface area contributed by atoms with Crippen molar-refractivity contribution in [2.75, 3.05) is 0 Å². The second kappa shape index (κ2) is 6.40. The minimum atomic E-state index is -1.05. The summed E-state index contributed by atoms with van der Waals surface area (Å²) in [6.07, 6.45) is 0.613. The Morgan fingerprint density at radius 1 is 1.39 bits per heavy atom. The Balaban J connectivity index is 2.72. The zero-order valence-electron chi connectivity index (χ0n) is 10.0. The van der Waals surface area contributed by atoms with Gasteiger partial charge in [-0.05, 0) is 24.1 Å². The summed E-state index contributed by atoms with van der Waals surface area (Å²) in [6, 6.07) is 7.65. The Hall–Kier alpha value is -2.35. The number of carboxylic acids is 1. The van der Waals surface area contributed by atoms with E-state index in [0.717, 1.165) is 5.56 Å². The molecule has 0 aliphatic heterocycles. The lowest BCUT2D eigenvalue weighted by Gasteiger charge is -2.12. The standard InChI is InChI=1S/C13H14N2O3/c1-2-11(13(17)18)15-12(16)10-5-3-9(4-6-10)7-8-14/h3-6,11H,2,7H2,1H3,(H,15,16)(H,17,18). The summed E-state index contributed by atoms with van der Waals surface area (Å²) >= 11 is 0. The monoisotopic (exact) mass is 246 g/mol. The van der Waals surface area contributed by atoms with Crippen LogP contribution in [0.15, 0.2) is 24.3 Å². The van der Waals surface area contributed by atoms with Crippen LogP contribution in [0.5, 0.6) is 0 Å². The van der Waals surface area contributed by atoms with Gasteiger partial charge in [0.15, 0.2) is 0 Å². The summed E-state index contributed by atoms with van der Waals surface area (Å²) in [7, 11) is 0. The number of hydrogen-bond donors (Lipinski definition) is 2.